The Morgan fingerprint density at radius 3 is 1.07 bits per heavy atom. The Labute approximate surface area is 465 Å². The smallest absolute Gasteiger partial charge is 0.462 e. The average molecular weight is 1090 g/mol. The van der Waals surface area contributed by atoms with Crippen LogP contribution in [0.1, 0.15) is 290 Å². The van der Waals surface area contributed by atoms with Crippen LogP contribution in [0.15, 0.2) is 60.8 Å². The lowest BCUT2D eigenvalue weighted by atomic mass is 10.1. The Balaban J connectivity index is 4.72. The van der Waals surface area contributed by atoms with Crippen LogP contribution in [0.4, 0.5) is 0 Å². The molecule has 2 N–H and O–H groups in total. The number of phosphoric ester groups is 1. The molecule has 0 saturated heterocycles. The molecule has 0 aromatic heterocycles. The minimum atomic E-state index is -4.76. The second-order valence-electron chi connectivity index (χ2n) is 20.8. The zero-order valence-corrected chi connectivity index (χ0v) is 49.9. The summed E-state index contributed by atoms with van der Waals surface area (Å²) in [5.74, 6) is -1.48. The number of ether oxygens (including phenoxy) is 3. The molecule has 0 aliphatic heterocycles. The number of phosphoric acid groups is 1. The van der Waals surface area contributed by atoms with Crippen molar-refractivity contribution in [2.24, 2.45) is 0 Å². The Morgan fingerprint density at radius 1 is 0.382 bits per heavy atom. The molecule has 11 nitrogen and oxygen atoms in total. The number of aliphatic hydroxyl groups excluding tert-OH is 1. The molecular weight excluding hydrogens is 976 g/mol. The van der Waals surface area contributed by atoms with Gasteiger partial charge in [-0.05, 0) is 103 Å². The first-order valence-corrected chi connectivity index (χ1v) is 32.7. The van der Waals surface area contributed by atoms with E-state index in [2.05, 4.69) is 81.5 Å². The molecule has 0 aliphatic rings. The quantitative estimate of drug-likeness (QED) is 0.0197. The topological polar surface area (TPSA) is 155 Å². The summed E-state index contributed by atoms with van der Waals surface area (Å²) >= 11 is 0. The Kier molecular flexibility index (Phi) is 56.2. The van der Waals surface area contributed by atoms with Crippen molar-refractivity contribution >= 4 is 25.7 Å². The summed E-state index contributed by atoms with van der Waals surface area (Å²) in [6.45, 7) is 4.54. The first-order chi connectivity index (χ1) is 37.2. The molecule has 0 heterocycles. The molecule has 0 radical (unpaired) electrons. The van der Waals surface area contributed by atoms with Gasteiger partial charge in [0.2, 0.25) is 0 Å². The van der Waals surface area contributed by atoms with Gasteiger partial charge in [-0.3, -0.25) is 23.4 Å². The highest BCUT2D eigenvalue weighted by molar-refractivity contribution is 7.47. The molecule has 76 heavy (non-hydrogen) atoms. The third kappa shape index (κ3) is 55.9. The molecule has 3 atom stereocenters. The fourth-order valence-corrected chi connectivity index (χ4v) is 9.44. The van der Waals surface area contributed by atoms with E-state index in [1.807, 2.05) is 0 Å². The van der Waals surface area contributed by atoms with Crippen LogP contribution in [0.3, 0.4) is 0 Å². The Hall–Kier alpha value is -2.82. The fourth-order valence-electron chi connectivity index (χ4n) is 8.66. The first-order valence-electron chi connectivity index (χ1n) is 31.2. The van der Waals surface area contributed by atoms with Gasteiger partial charge in [-0.2, -0.15) is 0 Å². The molecule has 0 saturated carbocycles. The lowest BCUT2D eigenvalue weighted by molar-refractivity contribution is -0.161. The number of hydrogen-bond acceptors (Lipinski definition) is 10. The molecule has 0 spiro atoms. The van der Waals surface area contributed by atoms with Gasteiger partial charge in [0.25, 0.3) is 0 Å². The molecular formula is C64H115O11P. The molecule has 0 amide bonds. The van der Waals surface area contributed by atoms with Crippen molar-refractivity contribution in [2.45, 2.75) is 303 Å². The third-order valence-corrected chi connectivity index (χ3v) is 14.3. The summed E-state index contributed by atoms with van der Waals surface area (Å²) in [4.78, 5) is 48.7. The van der Waals surface area contributed by atoms with Gasteiger partial charge < -0.3 is 24.2 Å². The largest absolute Gasteiger partial charge is 0.472 e. The lowest BCUT2D eigenvalue weighted by Gasteiger charge is -2.21. The van der Waals surface area contributed by atoms with E-state index in [4.69, 9.17) is 23.3 Å². The van der Waals surface area contributed by atoms with E-state index >= 15 is 0 Å². The number of esters is 3. The zero-order valence-electron chi connectivity index (χ0n) is 49.0. The minimum Gasteiger partial charge on any atom is -0.462 e. The Morgan fingerprint density at radius 2 is 0.684 bits per heavy atom. The monoisotopic (exact) mass is 1090 g/mol. The second-order valence-corrected chi connectivity index (χ2v) is 22.3. The van der Waals surface area contributed by atoms with Crippen molar-refractivity contribution in [1.82, 2.24) is 0 Å². The zero-order chi connectivity index (χ0) is 55.5. The number of allylic oxidation sites excluding steroid dienone is 10. The normalized spacial score (nSPS) is 13.7. The van der Waals surface area contributed by atoms with Crippen LogP contribution < -0.4 is 0 Å². The summed E-state index contributed by atoms with van der Waals surface area (Å²) in [6, 6.07) is 0. The van der Waals surface area contributed by atoms with Gasteiger partial charge in [-0.25, -0.2) is 4.57 Å². The van der Waals surface area contributed by atoms with Crippen LogP contribution in [-0.4, -0.2) is 66.5 Å². The fraction of sp³-hybridized carbons (Fsp3) is 0.797. The van der Waals surface area contributed by atoms with Crippen LogP contribution in [0.5, 0.6) is 0 Å². The lowest BCUT2D eigenvalue weighted by Crippen LogP contribution is -2.30. The number of hydrogen-bond donors (Lipinski definition) is 2. The van der Waals surface area contributed by atoms with Gasteiger partial charge in [0.05, 0.1) is 19.8 Å². The first kappa shape index (κ1) is 73.2. The standard InChI is InChI=1S/C64H115O11P/c1-4-7-10-13-16-19-22-25-28-30-33-35-38-41-44-47-50-53-62(66)71-57-61(75-64(68)55-52-49-46-43-40-37-34-31-29-26-23-20-17-14-11-8-5-2)59-73-76(69,70)72-58-60(56-65)74-63(67)54-51-48-45-42-39-36-32-27-24-21-18-15-12-9-6-3/h9,12,18,21,25-29,32,60-61,65H,4-8,10-11,13-17,19-20,22-24,30-31,33-59H2,1-3H3,(H,69,70)/b12-9-,21-18-,28-25-,29-26-,32-27-. The van der Waals surface area contributed by atoms with Gasteiger partial charge in [-0.15, -0.1) is 0 Å². The van der Waals surface area contributed by atoms with Crippen molar-refractivity contribution in [3.05, 3.63) is 60.8 Å². The summed E-state index contributed by atoms with van der Waals surface area (Å²) in [6.07, 6.45) is 64.5. The number of unbranched alkanes of at least 4 members (excludes halogenated alkanes) is 31. The van der Waals surface area contributed by atoms with Crippen molar-refractivity contribution in [3.8, 4) is 0 Å². The number of carbonyl (C=O) groups excluding carboxylic acids is 3. The van der Waals surface area contributed by atoms with E-state index in [1.54, 1.807) is 0 Å². The molecule has 0 aliphatic carbocycles. The van der Waals surface area contributed by atoms with Crippen molar-refractivity contribution in [1.29, 1.82) is 0 Å². The van der Waals surface area contributed by atoms with Crippen LogP contribution in [0.25, 0.3) is 0 Å². The summed E-state index contributed by atoms with van der Waals surface area (Å²) < 4.78 is 39.6. The highest BCUT2D eigenvalue weighted by Crippen LogP contribution is 2.43. The van der Waals surface area contributed by atoms with Gasteiger partial charge in [-0.1, -0.05) is 229 Å². The molecule has 12 heteroatoms. The predicted molar refractivity (Wildman–Crippen MR) is 316 cm³/mol. The maximum Gasteiger partial charge on any atom is 0.472 e. The minimum absolute atomic E-state index is 0.157. The second kappa shape index (κ2) is 58.3. The molecule has 0 aromatic carbocycles. The SMILES string of the molecule is CC/C=C\C/C=C\C/C=C\CCCCCCCC(=O)OC(CO)COP(=O)(O)OCC(COC(=O)CCCCCCCCC/C=C\CCCCCCCC)OC(=O)CCCCCCCCC/C=C\CCCCCCCC. The summed E-state index contributed by atoms with van der Waals surface area (Å²) in [7, 11) is -4.76. The van der Waals surface area contributed by atoms with Crippen molar-refractivity contribution in [3.63, 3.8) is 0 Å². The van der Waals surface area contributed by atoms with E-state index in [0.717, 1.165) is 103 Å². The average Bonchev–Trinajstić information content (AvgIpc) is 3.41. The molecule has 0 aromatic rings. The Bertz CT molecular complexity index is 1510. The summed E-state index contributed by atoms with van der Waals surface area (Å²) in [5.41, 5.74) is 0. The summed E-state index contributed by atoms with van der Waals surface area (Å²) in [5, 5.41) is 9.83. The van der Waals surface area contributed by atoms with Gasteiger partial charge in [0.1, 0.15) is 12.7 Å². The van der Waals surface area contributed by atoms with E-state index in [-0.39, 0.29) is 25.9 Å². The van der Waals surface area contributed by atoms with Crippen LogP contribution in [0.2, 0.25) is 0 Å². The number of aliphatic hydroxyl groups is 1. The van der Waals surface area contributed by atoms with Crippen molar-refractivity contribution in [2.75, 3.05) is 26.4 Å². The van der Waals surface area contributed by atoms with Crippen molar-refractivity contribution < 1.29 is 52.2 Å². The van der Waals surface area contributed by atoms with Crippen LogP contribution in [0, 0.1) is 0 Å². The maximum atomic E-state index is 12.9. The van der Waals surface area contributed by atoms with Gasteiger partial charge >= 0.3 is 25.7 Å². The van der Waals surface area contributed by atoms with E-state index < -0.39 is 57.8 Å². The van der Waals surface area contributed by atoms with E-state index in [0.29, 0.717) is 19.3 Å². The van der Waals surface area contributed by atoms with Gasteiger partial charge in [0, 0.05) is 19.3 Å². The predicted octanol–water partition coefficient (Wildman–Crippen LogP) is 18.7. The van der Waals surface area contributed by atoms with Gasteiger partial charge in [0.15, 0.2) is 6.10 Å². The molecule has 0 rings (SSSR count). The third-order valence-electron chi connectivity index (χ3n) is 13.4. The molecule has 0 fully saturated rings. The number of carbonyl (C=O) groups is 3. The molecule has 3 unspecified atom stereocenters. The van der Waals surface area contributed by atoms with Crippen LogP contribution in [-0.2, 0) is 42.2 Å². The number of rotatable bonds is 58. The highest BCUT2D eigenvalue weighted by Gasteiger charge is 2.28. The van der Waals surface area contributed by atoms with E-state index in [9.17, 15) is 28.9 Å². The molecule has 0 bridgehead atoms. The van der Waals surface area contributed by atoms with E-state index in [1.165, 1.54) is 128 Å². The van der Waals surface area contributed by atoms with Crippen LogP contribution >= 0.6 is 7.82 Å². The molecule has 442 valence electrons. The maximum absolute atomic E-state index is 12.9. The highest BCUT2D eigenvalue weighted by atomic mass is 31.2.